The fourth-order valence-corrected chi connectivity index (χ4v) is 3.92. The number of amides is 1. The van der Waals surface area contributed by atoms with E-state index < -0.39 is 0 Å². The van der Waals surface area contributed by atoms with Crippen molar-refractivity contribution in [3.63, 3.8) is 0 Å². The maximum Gasteiger partial charge on any atom is 0.223 e. The molecule has 28 heavy (non-hydrogen) atoms. The van der Waals surface area contributed by atoms with Crippen molar-refractivity contribution in [2.24, 2.45) is 13.0 Å². The van der Waals surface area contributed by atoms with Gasteiger partial charge in [0.2, 0.25) is 11.9 Å². The van der Waals surface area contributed by atoms with E-state index >= 15 is 0 Å². The summed E-state index contributed by atoms with van der Waals surface area (Å²) in [5, 5.41) is 2.97. The minimum Gasteiger partial charge on any atom is -0.356 e. The van der Waals surface area contributed by atoms with Gasteiger partial charge in [0.1, 0.15) is 5.82 Å². The van der Waals surface area contributed by atoms with Crippen molar-refractivity contribution in [2.45, 2.75) is 19.3 Å². The summed E-state index contributed by atoms with van der Waals surface area (Å²) in [6, 6.07) is 14.8. The van der Waals surface area contributed by atoms with Gasteiger partial charge in [0.15, 0.2) is 0 Å². The molecule has 1 amide bonds. The quantitative estimate of drug-likeness (QED) is 0.739. The summed E-state index contributed by atoms with van der Waals surface area (Å²) in [6.07, 6.45) is 2.11. The second kappa shape index (κ2) is 8.00. The molecule has 6 heteroatoms. The first-order chi connectivity index (χ1) is 13.6. The molecule has 2 heterocycles. The highest BCUT2D eigenvalue weighted by molar-refractivity contribution is 5.80. The number of carbonyl (C=O) groups excluding carboxylic acids is 1. The fraction of sp³-hybridized carbons (Fsp3) is 0.364. The van der Waals surface area contributed by atoms with Crippen molar-refractivity contribution in [1.82, 2.24) is 14.9 Å². The zero-order valence-electron chi connectivity index (χ0n) is 16.1. The molecule has 1 saturated heterocycles. The summed E-state index contributed by atoms with van der Waals surface area (Å²) in [5.41, 5.74) is 2.75. The standard InChI is InChI=1S/C22H25FN4O/c1-26-20-9-5-4-8-19(20)25-22(26)27-14-11-17(12-15-27)21(28)24-13-10-16-6-2-3-7-18(16)23/h2-9,17H,10-15H2,1H3,(H,24,28). The smallest absolute Gasteiger partial charge is 0.223 e. The van der Waals surface area contributed by atoms with E-state index in [2.05, 4.69) is 20.9 Å². The summed E-state index contributed by atoms with van der Waals surface area (Å²) >= 11 is 0. The van der Waals surface area contributed by atoms with Crippen molar-refractivity contribution >= 4 is 22.9 Å². The maximum atomic E-state index is 13.7. The Morgan fingerprint density at radius 1 is 1.14 bits per heavy atom. The van der Waals surface area contributed by atoms with E-state index in [0.717, 1.165) is 42.9 Å². The minimum absolute atomic E-state index is 0.00607. The number of hydrogen-bond donors (Lipinski definition) is 1. The lowest BCUT2D eigenvalue weighted by atomic mass is 9.96. The van der Waals surface area contributed by atoms with Gasteiger partial charge in [0.25, 0.3) is 0 Å². The first kappa shape index (κ1) is 18.5. The molecule has 146 valence electrons. The molecule has 1 N–H and O–H groups in total. The maximum absolute atomic E-state index is 13.7. The van der Waals surface area contributed by atoms with Crippen LogP contribution in [0.4, 0.5) is 10.3 Å². The Balaban J connectivity index is 1.30. The monoisotopic (exact) mass is 380 g/mol. The van der Waals surface area contributed by atoms with Crippen LogP contribution < -0.4 is 10.2 Å². The third-order valence-corrected chi connectivity index (χ3v) is 5.56. The van der Waals surface area contributed by atoms with Crippen LogP contribution in [0.3, 0.4) is 0 Å². The summed E-state index contributed by atoms with van der Waals surface area (Å²) in [7, 11) is 2.03. The van der Waals surface area contributed by atoms with E-state index in [0.29, 0.717) is 18.5 Å². The molecule has 1 fully saturated rings. The Labute approximate surface area is 164 Å². The molecule has 0 unspecified atom stereocenters. The molecule has 2 aromatic carbocycles. The summed E-state index contributed by atoms with van der Waals surface area (Å²) in [5.74, 6) is 0.819. The number of piperidine rings is 1. The number of fused-ring (bicyclic) bond motifs is 1. The Morgan fingerprint density at radius 3 is 2.61 bits per heavy atom. The number of aromatic nitrogens is 2. The second-order valence-corrected chi connectivity index (χ2v) is 7.35. The number of hydrogen-bond acceptors (Lipinski definition) is 3. The highest BCUT2D eigenvalue weighted by atomic mass is 19.1. The van der Waals surface area contributed by atoms with Gasteiger partial charge in [-0.05, 0) is 43.0 Å². The second-order valence-electron chi connectivity index (χ2n) is 7.35. The number of rotatable bonds is 5. The molecule has 0 atom stereocenters. The third-order valence-electron chi connectivity index (χ3n) is 5.56. The summed E-state index contributed by atoms with van der Waals surface area (Å²) in [4.78, 5) is 19.5. The Morgan fingerprint density at radius 2 is 1.86 bits per heavy atom. The zero-order chi connectivity index (χ0) is 19.5. The van der Waals surface area contributed by atoms with Crippen molar-refractivity contribution < 1.29 is 9.18 Å². The van der Waals surface area contributed by atoms with Gasteiger partial charge in [-0.2, -0.15) is 0 Å². The van der Waals surface area contributed by atoms with E-state index in [-0.39, 0.29) is 17.6 Å². The van der Waals surface area contributed by atoms with Crippen LogP contribution in [0.1, 0.15) is 18.4 Å². The molecule has 3 aromatic rings. The van der Waals surface area contributed by atoms with E-state index in [1.54, 1.807) is 12.1 Å². The zero-order valence-corrected chi connectivity index (χ0v) is 16.1. The van der Waals surface area contributed by atoms with Gasteiger partial charge in [-0.25, -0.2) is 9.37 Å². The fourth-order valence-electron chi connectivity index (χ4n) is 3.92. The van der Waals surface area contributed by atoms with Crippen molar-refractivity contribution in [3.05, 3.63) is 59.9 Å². The van der Waals surface area contributed by atoms with E-state index in [1.807, 2.05) is 31.3 Å². The van der Waals surface area contributed by atoms with Crippen LogP contribution in [-0.2, 0) is 18.3 Å². The molecule has 0 saturated carbocycles. The molecule has 0 aliphatic carbocycles. The molecule has 5 nitrogen and oxygen atoms in total. The highest BCUT2D eigenvalue weighted by Crippen LogP contribution is 2.26. The first-order valence-electron chi connectivity index (χ1n) is 9.81. The molecule has 1 aliphatic rings. The number of para-hydroxylation sites is 2. The van der Waals surface area contributed by atoms with E-state index in [9.17, 15) is 9.18 Å². The number of benzene rings is 2. The summed E-state index contributed by atoms with van der Waals surface area (Å²) < 4.78 is 15.8. The summed E-state index contributed by atoms with van der Waals surface area (Å²) in [6.45, 7) is 2.08. The van der Waals surface area contributed by atoms with Gasteiger partial charge in [0.05, 0.1) is 11.0 Å². The van der Waals surface area contributed by atoms with Crippen LogP contribution in [0.2, 0.25) is 0 Å². The molecular formula is C22H25FN4O. The highest BCUT2D eigenvalue weighted by Gasteiger charge is 2.27. The number of anilines is 1. The van der Waals surface area contributed by atoms with Gasteiger partial charge in [-0.3, -0.25) is 4.79 Å². The van der Waals surface area contributed by atoms with Crippen LogP contribution in [0.25, 0.3) is 11.0 Å². The first-order valence-corrected chi connectivity index (χ1v) is 9.81. The number of imidazole rings is 1. The van der Waals surface area contributed by atoms with Crippen molar-refractivity contribution in [1.29, 1.82) is 0 Å². The lowest BCUT2D eigenvalue weighted by Crippen LogP contribution is -2.41. The molecule has 1 aliphatic heterocycles. The average molecular weight is 380 g/mol. The Hall–Kier alpha value is -2.89. The lowest BCUT2D eigenvalue weighted by molar-refractivity contribution is -0.125. The number of halogens is 1. The molecule has 1 aromatic heterocycles. The average Bonchev–Trinajstić information content (AvgIpc) is 3.06. The van der Waals surface area contributed by atoms with Crippen LogP contribution in [-0.4, -0.2) is 35.1 Å². The van der Waals surface area contributed by atoms with Crippen LogP contribution in [0.5, 0.6) is 0 Å². The topological polar surface area (TPSA) is 50.2 Å². The van der Waals surface area contributed by atoms with E-state index in [1.165, 1.54) is 6.07 Å². The number of aryl methyl sites for hydroxylation is 1. The normalized spacial score (nSPS) is 15.1. The predicted octanol–water partition coefficient (Wildman–Crippen LogP) is 3.29. The minimum atomic E-state index is -0.215. The number of nitrogens with zero attached hydrogens (tertiary/aromatic N) is 3. The number of nitrogens with one attached hydrogen (secondary N) is 1. The van der Waals surface area contributed by atoms with Crippen LogP contribution in [0.15, 0.2) is 48.5 Å². The SMILES string of the molecule is Cn1c(N2CCC(C(=O)NCCc3ccccc3F)CC2)nc2ccccc21. The van der Waals surface area contributed by atoms with Gasteiger partial charge in [0, 0.05) is 32.6 Å². The molecule has 4 rings (SSSR count). The molecular weight excluding hydrogens is 355 g/mol. The van der Waals surface area contributed by atoms with Gasteiger partial charge < -0.3 is 14.8 Å². The van der Waals surface area contributed by atoms with Gasteiger partial charge in [-0.1, -0.05) is 30.3 Å². The largest absolute Gasteiger partial charge is 0.356 e. The number of carbonyl (C=O) groups is 1. The van der Waals surface area contributed by atoms with Crippen molar-refractivity contribution in [2.75, 3.05) is 24.5 Å². The Kier molecular flexibility index (Phi) is 5.28. The molecule has 0 spiro atoms. The third kappa shape index (κ3) is 3.72. The molecule has 0 bridgehead atoms. The molecule has 0 radical (unpaired) electrons. The Bertz CT molecular complexity index is 976. The van der Waals surface area contributed by atoms with Crippen molar-refractivity contribution in [3.8, 4) is 0 Å². The van der Waals surface area contributed by atoms with Crippen LogP contribution in [0, 0.1) is 11.7 Å². The predicted molar refractivity (Wildman–Crippen MR) is 109 cm³/mol. The van der Waals surface area contributed by atoms with E-state index in [4.69, 9.17) is 4.98 Å². The van der Waals surface area contributed by atoms with Gasteiger partial charge >= 0.3 is 0 Å². The van der Waals surface area contributed by atoms with Gasteiger partial charge in [-0.15, -0.1) is 0 Å². The van der Waals surface area contributed by atoms with Crippen LogP contribution >= 0.6 is 0 Å². The lowest BCUT2D eigenvalue weighted by Gasteiger charge is -2.32.